The first-order chi connectivity index (χ1) is 9.29. The minimum atomic E-state index is 0.118. The van der Waals surface area contributed by atoms with Crippen LogP contribution in [-0.4, -0.2) is 23.3 Å². The minimum Gasteiger partial charge on any atom is -0.493 e. The summed E-state index contributed by atoms with van der Waals surface area (Å²) in [7, 11) is 0. The second-order valence-corrected chi connectivity index (χ2v) is 4.86. The van der Waals surface area contributed by atoms with Crippen molar-refractivity contribution in [3.05, 3.63) is 41.5 Å². The van der Waals surface area contributed by atoms with Gasteiger partial charge >= 0.3 is 0 Å². The Hall–Kier alpha value is -1.88. The monoisotopic (exact) mass is 259 g/mol. The lowest BCUT2D eigenvalue weighted by Gasteiger charge is -2.22. The topological polar surface area (TPSA) is 74.2 Å². The highest BCUT2D eigenvalue weighted by Crippen LogP contribution is 2.37. The molecule has 0 saturated heterocycles. The molecule has 0 saturated carbocycles. The zero-order chi connectivity index (χ0) is 13.2. The van der Waals surface area contributed by atoms with Crippen LogP contribution in [0.3, 0.4) is 0 Å². The molecule has 0 fully saturated rings. The average Bonchev–Trinajstić information content (AvgIpc) is 2.95. The smallest absolute Gasteiger partial charge is 0.234 e. The van der Waals surface area contributed by atoms with E-state index in [1.54, 1.807) is 0 Å². The summed E-state index contributed by atoms with van der Waals surface area (Å²) in [6.07, 6.45) is 0.857. The molecular formula is C14H17N3O2. The van der Waals surface area contributed by atoms with Gasteiger partial charge in [0.2, 0.25) is 5.89 Å². The van der Waals surface area contributed by atoms with Gasteiger partial charge in [0.15, 0.2) is 5.82 Å². The first-order valence-corrected chi connectivity index (χ1v) is 6.55. The van der Waals surface area contributed by atoms with Gasteiger partial charge in [-0.05, 0) is 12.5 Å². The largest absolute Gasteiger partial charge is 0.493 e. The number of hydrogen-bond acceptors (Lipinski definition) is 5. The van der Waals surface area contributed by atoms with Gasteiger partial charge in [-0.3, -0.25) is 0 Å². The van der Waals surface area contributed by atoms with Crippen LogP contribution in [0.1, 0.15) is 42.5 Å². The molecule has 0 spiro atoms. The van der Waals surface area contributed by atoms with Crippen molar-refractivity contribution in [3.63, 3.8) is 0 Å². The molecule has 1 aromatic carbocycles. The molecule has 0 bridgehead atoms. The van der Waals surface area contributed by atoms with E-state index in [-0.39, 0.29) is 11.8 Å². The number of hydrogen-bond donors (Lipinski definition) is 1. The molecule has 2 heterocycles. The summed E-state index contributed by atoms with van der Waals surface area (Å²) < 4.78 is 11.1. The van der Waals surface area contributed by atoms with Crippen molar-refractivity contribution in [2.45, 2.75) is 25.2 Å². The summed E-state index contributed by atoms with van der Waals surface area (Å²) in [6.45, 7) is 3.18. The van der Waals surface area contributed by atoms with Gasteiger partial charge in [-0.25, -0.2) is 0 Å². The van der Waals surface area contributed by atoms with Crippen LogP contribution in [0.25, 0.3) is 0 Å². The quantitative estimate of drug-likeness (QED) is 0.913. The van der Waals surface area contributed by atoms with E-state index < -0.39 is 0 Å². The van der Waals surface area contributed by atoms with Gasteiger partial charge in [-0.2, -0.15) is 4.98 Å². The second-order valence-electron chi connectivity index (χ2n) is 4.86. The number of rotatable bonds is 3. The maximum atomic E-state index is 5.64. The highest BCUT2D eigenvalue weighted by molar-refractivity contribution is 5.40. The number of aromatic nitrogens is 2. The Morgan fingerprint density at radius 1 is 1.42 bits per heavy atom. The van der Waals surface area contributed by atoms with Gasteiger partial charge in [0, 0.05) is 18.0 Å². The Bertz CT molecular complexity index is 567. The Morgan fingerprint density at radius 2 is 2.26 bits per heavy atom. The fourth-order valence-electron chi connectivity index (χ4n) is 2.29. The second kappa shape index (κ2) is 5.01. The molecule has 2 atom stereocenters. The summed E-state index contributed by atoms with van der Waals surface area (Å²) in [5, 5.41) is 4.03. The number of fused-ring (bicyclic) bond motifs is 1. The molecule has 1 aliphatic rings. The number of nitrogens with zero attached hydrogens (tertiary/aromatic N) is 2. The van der Waals surface area contributed by atoms with E-state index in [2.05, 4.69) is 16.2 Å². The summed E-state index contributed by atoms with van der Waals surface area (Å²) in [4.78, 5) is 4.49. The first kappa shape index (κ1) is 12.2. The minimum absolute atomic E-state index is 0.118. The highest BCUT2D eigenvalue weighted by atomic mass is 16.5. The molecule has 1 aromatic heterocycles. The number of para-hydroxylation sites is 1. The lowest BCUT2D eigenvalue weighted by Crippen LogP contribution is -2.15. The molecule has 2 N–H and O–H groups in total. The number of nitrogens with two attached hydrogens (primary N) is 1. The van der Waals surface area contributed by atoms with E-state index in [9.17, 15) is 0 Å². The van der Waals surface area contributed by atoms with Crippen molar-refractivity contribution in [3.8, 4) is 5.75 Å². The van der Waals surface area contributed by atoms with Gasteiger partial charge in [0.1, 0.15) is 5.75 Å². The maximum Gasteiger partial charge on any atom is 0.234 e. The van der Waals surface area contributed by atoms with Crippen LogP contribution < -0.4 is 10.5 Å². The molecule has 5 heteroatoms. The zero-order valence-electron chi connectivity index (χ0n) is 10.9. The standard InChI is InChI=1S/C14H17N3O2/c1-9(8-15)13-16-14(19-17-13)11-6-7-18-12-5-3-2-4-10(11)12/h2-5,9,11H,6-8,15H2,1H3. The molecule has 2 aromatic rings. The van der Waals surface area contributed by atoms with Crippen LogP contribution in [0.4, 0.5) is 0 Å². The highest BCUT2D eigenvalue weighted by Gasteiger charge is 2.28. The lowest BCUT2D eigenvalue weighted by molar-refractivity contribution is 0.256. The third kappa shape index (κ3) is 2.21. The Balaban J connectivity index is 1.93. The summed E-state index contributed by atoms with van der Waals surface area (Å²) in [5.41, 5.74) is 6.74. The van der Waals surface area contributed by atoms with E-state index >= 15 is 0 Å². The van der Waals surface area contributed by atoms with Crippen molar-refractivity contribution in [2.24, 2.45) is 5.73 Å². The van der Waals surface area contributed by atoms with Gasteiger partial charge < -0.3 is 15.0 Å². The summed E-state index contributed by atoms with van der Waals surface area (Å²) >= 11 is 0. The van der Waals surface area contributed by atoms with E-state index in [1.165, 1.54) is 0 Å². The fourth-order valence-corrected chi connectivity index (χ4v) is 2.29. The van der Waals surface area contributed by atoms with Crippen LogP contribution >= 0.6 is 0 Å². The summed E-state index contributed by atoms with van der Waals surface area (Å²) in [6, 6.07) is 7.99. The van der Waals surface area contributed by atoms with Gasteiger partial charge in [0.05, 0.1) is 12.5 Å². The number of benzene rings is 1. The van der Waals surface area contributed by atoms with Crippen molar-refractivity contribution >= 4 is 0 Å². The third-order valence-corrected chi connectivity index (χ3v) is 3.51. The molecular weight excluding hydrogens is 242 g/mol. The van der Waals surface area contributed by atoms with E-state index in [0.29, 0.717) is 24.9 Å². The zero-order valence-corrected chi connectivity index (χ0v) is 10.9. The fraction of sp³-hybridized carbons (Fsp3) is 0.429. The van der Waals surface area contributed by atoms with E-state index in [4.69, 9.17) is 15.0 Å². The van der Waals surface area contributed by atoms with Crippen molar-refractivity contribution in [1.29, 1.82) is 0 Å². The van der Waals surface area contributed by atoms with Crippen LogP contribution in [0.15, 0.2) is 28.8 Å². The van der Waals surface area contributed by atoms with Crippen LogP contribution in [0.5, 0.6) is 5.75 Å². The number of ether oxygens (including phenoxy) is 1. The van der Waals surface area contributed by atoms with Crippen LogP contribution in [0, 0.1) is 0 Å². The Morgan fingerprint density at radius 3 is 3.11 bits per heavy atom. The predicted octanol–water partition coefficient (Wildman–Crippen LogP) is 2.05. The Kier molecular flexibility index (Phi) is 3.21. The van der Waals surface area contributed by atoms with Crippen LogP contribution in [-0.2, 0) is 0 Å². The van der Waals surface area contributed by atoms with Gasteiger partial charge in [-0.15, -0.1) is 0 Å². The molecule has 1 aliphatic heterocycles. The average molecular weight is 259 g/mol. The van der Waals surface area contributed by atoms with E-state index in [1.807, 2.05) is 25.1 Å². The molecule has 100 valence electrons. The van der Waals surface area contributed by atoms with Crippen molar-refractivity contribution in [2.75, 3.05) is 13.2 Å². The van der Waals surface area contributed by atoms with E-state index in [0.717, 1.165) is 17.7 Å². The van der Waals surface area contributed by atoms with Crippen LogP contribution in [0.2, 0.25) is 0 Å². The Labute approximate surface area is 111 Å². The normalized spacial score (nSPS) is 19.6. The molecule has 2 unspecified atom stereocenters. The first-order valence-electron chi connectivity index (χ1n) is 6.55. The summed E-state index contributed by atoms with van der Waals surface area (Å²) in [5.74, 6) is 2.49. The van der Waals surface area contributed by atoms with Gasteiger partial charge in [0.25, 0.3) is 0 Å². The molecule has 0 radical (unpaired) electrons. The molecule has 19 heavy (non-hydrogen) atoms. The van der Waals surface area contributed by atoms with Gasteiger partial charge in [-0.1, -0.05) is 30.3 Å². The van der Waals surface area contributed by atoms with Crippen molar-refractivity contribution < 1.29 is 9.26 Å². The molecule has 3 rings (SSSR count). The molecule has 5 nitrogen and oxygen atoms in total. The predicted molar refractivity (Wildman–Crippen MR) is 70.2 cm³/mol. The molecule has 0 aliphatic carbocycles. The SMILES string of the molecule is CC(CN)c1noc(C2CCOc3ccccc32)n1. The lowest BCUT2D eigenvalue weighted by atomic mass is 9.93. The van der Waals surface area contributed by atoms with Crippen molar-refractivity contribution in [1.82, 2.24) is 10.1 Å². The molecule has 0 amide bonds. The maximum absolute atomic E-state index is 5.64. The third-order valence-electron chi connectivity index (χ3n) is 3.51.